The van der Waals surface area contributed by atoms with Gasteiger partial charge in [0.05, 0.1) is 11.0 Å². The van der Waals surface area contributed by atoms with Crippen LogP contribution >= 0.6 is 31.9 Å². The van der Waals surface area contributed by atoms with E-state index in [1.54, 1.807) is 6.08 Å². The maximum Gasteiger partial charge on any atom is 0.185 e. The van der Waals surface area contributed by atoms with Crippen LogP contribution in [0.1, 0.15) is 15.9 Å². The molecule has 0 atom stereocenters. The van der Waals surface area contributed by atoms with Gasteiger partial charge in [-0.3, -0.25) is 4.79 Å². The molecule has 0 unspecified atom stereocenters. The number of benzene rings is 5. The second-order valence-corrected chi connectivity index (χ2v) is 10.7. The van der Waals surface area contributed by atoms with E-state index in [0.29, 0.717) is 5.56 Å². The first-order valence-corrected chi connectivity index (χ1v) is 13.5. The van der Waals surface area contributed by atoms with Crippen LogP contribution in [0.2, 0.25) is 0 Å². The van der Waals surface area contributed by atoms with E-state index >= 15 is 0 Å². The highest BCUT2D eigenvalue weighted by Crippen LogP contribution is 2.34. The monoisotopic (exact) mass is 605 g/mol. The molecule has 0 radical (unpaired) electrons. The van der Waals surface area contributed by atoms with Crippen LogP contribution in [0.5, 0.6) is 0 Å². The summed E-state index contributed by atoms with van der Waals surface area (Å²) in [5.74, 6) is -0.0240. The second kappa shape index (κ2) is 9.97. The van der Waals surface area contributed by atoms with E-state index in [-0.39, 0.29) is 5.78 Å². The molecule has 1 heterocycles. The Bertz CT molecular complexity index is 1780. The maximum absolute atomic E-state index is 12.8. The minimum absolute atomic E-state index is 0.0240. The molecule has 6 aromatic rings. The van der Waals surface area contributed by atoms with Gasteiger partial charge < -0.3 is 4.57 Å². The molecule has 0 bridgehead atoms. The normalized spacial score (nSPS) is 11.5. The summed E-state index contributed by atoms with van der Waals surface area (Å²) in [6.07, 6.45) is 3.45. The highest BCUT2D eigenvalue weighted by Gasteiger charge is 2.13. The molecule has 5 aromatic carbocycles. The Morgan fingerprint density at radius 2 is 1.27 bits per heavy atom. The number of nitrogens with zero attached hydrogens (tertiary/aromatic N) is 1. The molecule has 0 aliphatic carbocycles. The zero-order valence-corrected chi connectivity index (χ0v) is 22.9. The summed E-state index contributed by atoms with van der Waals surface area (Å²) in [4.78, 5) is 12.8. The molecule has 0 fully saturated rings. The van der Waals surface area contributed by atoms with E-state index in [4.69, 9.17) is 0 Å². The van der Waals surface area contributed by atoms with Crippen LogP contribution in [0, 0.1) is 0 Å². The number of para-hydroxylation sites is 2. The van der Waals surface area contributed by atoms with E-state index in [1.165, 1.54) is 21.8 Å². The van der Waals surface area contributed by atoms with E-state index < -0.39 is 0 Å². The van der Waals surface area contributed by atoms with Crippen LogP contribution < -0.4 is 0 Å². The topological polar surface area (TPSA) is 22.0 Å². The Morgan fingerprint density at radius 3 is 2.03 bits per heavy atom. The van der Waals surface area contributed by atoms with Gasteiger partial charge in [0.15, 0.2) is 5.78 Å². The Balaban J connectivity index is 1.33. The van der Waals surface area contributed by atoms with Crippen LogP contribution in [0.25, 0.3) is 44.7 Å². The summed E-state index contributed by atoms with van der Waals surface area (Å²) in [6, 6.07) is 39.3. The van der Waals surface area contributed by atoms with Crippen molar-refractivity contribution in [1.29, 1.82) is 0 Å². The Hall–Kier alpha value is -3.73. The van der Waals surface area contributed by atoms with Gasteiger partial charge in [-0.15, -0.1) is 0 Å². The number of hydrogen-bond acceptors (Lipinski definition) is 1. The Kier molecular flexibility index (Phi) is 6.37. The maximum atomic E-state index is 12.8. The largest absolute Gasteiger partial charge is 0.309 e. The molecule has 0 spiro atoms. The van der Waals surface area contributed by atoms with Crippen LogP contribution in [0.15, 0.2) is 130 Å². The number of allylic oxidation sites excluding steroid dienone is 1. The lowest BCUT2D eigenvalue weighted by molar-refractivity contribution is 0.104. The first-order valence-electron chi connectivity index (χ1n) is 11.9. The summed E-state index contributed by atoms with van der Waals surface area (Å²) in [5, 5.41) is 2.43. The van der Waals surface area contributed by atoms with Crippen molar-refractivity contribution in [3.63, 3.8) is 0 Å². The lowest BCUT2D eigenvalue weighted by atomic mass is 10.00. The van der Waals surface area contributed by atoms with Crippen molar-refractivity contribution in [3.05, 3.63) is 141 Å². The molecule has 4 heteroatoms. The number of halogens is 2. The molecule has 37 heavy (non-hydrogen) atoms. The fourth-order valence-electron chi connectivity index (χ4n) is 4.77. The minimum atomic E-state index is -0.0240. The standard InChI is InChI=1S/C33H21Br2NO/c34-26-18-22(19-27(35)21-26)10-17-33(37)24-13-11-23(12-14-24)25-15-16-32-30(20-25)29-8-4-5-9-31(29)36(32)28-6-2-1-3-7-28/h1-21H. The smallest absolute Gasteiger partial charge is 0.185 e. The van der Waals surface area contributed by atoms with Crippen molar-refractivity contribution < 1.29 is 4.79 Å². The van der Waals surface area contributed by atoms with Crippen molar-refractivity contribution in [2.24, 2.45) is 0 Å². The van der Waals surface area contributed by atoms with Gasteiger partial charge in [0.1, 0.15) is 0 Å². The van der Waals surface area contributed by atoms with Crippen molar-refractivity contribution in [3.8, 4) is 16.8 Å². The average molecular weight is 607 g/mol. The molecule has 0 aliphatic rings. The van der Waals surface area contributed by atoms with E-state index in [0.717, 1.165) is 31.3 Å². The molecule has 0 saturated heterocycles. The zero-order chi connectivity index (χ0) is 25.4. The second-order valence-electron chi connectivity index (χ2n) is 8.90. The van der Waals surface area contributed by atoms with Gasteiger partial charge in [-0.2, -0.15) is 0 Å². The third kappa shape index (κ3) is 4.71. The molecule has 0 N–H and O–H groups in total. The lowest BCUT2D eigenvalue weighted by Gasteiger charge is -2.08. The summed E-state index contributed by atoms with van der Waals surface area (Å²) >= 11 is 6.97. The van der Waals surface area contributed by atoms with Gasteiger partial charge in [0, 0.05) is 31.0 Å². The number of hydrogen-bond donors (Lipinski definition) is 0. The predicted molar refractivity (Wildman–Crippen MR) is 161 cm³/mol. The number of rotatable bonds is 5. The van der Waals surface area contributed by atoms with E-state index in [1.807, 2.05) is 54.6 Å². The third-order valence-electron chi connectivity index (χ3n) is 6.50. The summed E-state index contributed by atoms with van der Waals surface area (Å²) < 4.78 is 4.23. The third-order valence-corrected chi connectivity index (χ3v) is 7.42. The average Bonchev–Trinajstić information content (AvgIpc) is 3.25. The molecular formula is C33H21Br2NO. The van der Waals surface area contributed by atoms with E-state index in [9.17, 15) is 4.79 Å². The minimum Gasteiger partial charge on any atom is -0.309 e. The number of aromatic nitrogens is 1. The fraction of sp³-hybridized carbons (Fsp3) is 0. The molecule has 2 nitrogen and oxygen atoms in total. The highest BCUT2D eigenvalue weighted by molar-refractivity contribution is 9.11. The SMILES string of the molecule is O=C(C=Cc1cc(Br)cc(Br)c1)c1ccc(-c2ccc3c(c2)c2ccccc2n3-c2ccccc2)cc1. The van der Waals surface area contributed by atoms with E-state index in [2.05, 4.69) is 103 Å². The number of carbonyl (C=O) groups excluding carboxylic acids is 1. The van der Waals surface area contributed by atoms with Gasteiger partial charge in [-0.05, 0) is 71.3 Å². The number of fused-ring (bicyclic) bond motifs is 3. The van der Waals surface area contributed by atoms with Gasteiger partial charge >= 0.3 is 0 Å². The van der Waals surface area contributed by atoms with Gasteiger partial charge in [-0.1, -0.05) is 105 Å². The molecule has 1 aromatic heterocycles. The molecule has 6 rings (SSSR count). The molecule has 0 aliphatic heterocycles. The van der Waals surface area contributed by atoms with Crippen molar-refractivity contribution in [2.75, 3.05) is 0 Å². The summed E-state index contributed by atoms with van der Waals surface area (Å²) in [6.45, 7) is 0. The number of carbonyl (C=O) groups is 1. The summed E-state index contributed by atoms with van der Waals surface area (Å²) in [7, 11) is 0. The Labute approximate surface area is 232 Å². The first-order chi connectivity index (χ1) is 18.1. The molecule has 178 valence electrons. The molecule has 0 saturated carbocycles. The molecule has 0 amide bonds. The van der Waals surface area contributed by atoms with Gasteiger partial charge in [0.2, 0.25) is 0 Å². The highest BCUT2D eigenvalue weighted by atomic mass is 79.9. The lowest BCUT2D eigenvalue weighted by Crippen LogP contribution is -1.94. The van der Waals surface area contributed by atoms with Crippen LogP contribution in [-0.2, 0) is 0 Å². The van der Waals surface area contributed by atoms with Crippen molar-refractivity contribution >= 4 is 65.5 Å². The fourth-order valence-corrected chi connectivity index (χ4v) is 6.10. The first kappa shape index (κ1) is 23.7. The number of ketones is 1. The van der Waals surface area contributed by atoms with Crippen LogP contribution in [0.3, 0.4) is 0 Å². The summed E-state index contributed by atoms with van der Waals surface area (Å²) in [5.41, 5.74) is 7.32. The van der Waals surface area contributed by atoms with Crippen molar-refractivity contribution in [2.45, 2.75) is 0 Å². The van der Waals surface area contributed by atoms with Gasteiger partial charge in [0.25, 0.3) is 0 Å². The van der Waals surface area contributed by atoms with Crippen LogP contribution in [-0.4, -0.2) is 10.4 Å². The zero-order valence-electron chi connectivity index (χ0n) is 19.7. The quantitative estimate of drug-likeness (QED) is 0.141. The van der Waals surface area contributed by atoms with Crippen LogP contribution in [0.4, 0.5) is 0 Å². The van der Waals surface area contributed by atoms with Crippen molar-refractivity contribution in [1.82, 2.24) is 4.57 Å². The predicted octanol–water partition coefficient (Wildman–Crippen LogP) is 9.87. The molecular weight excluding hydrogens is 586 g/mol. The Morgan fingerprint density at radius 1 is 0.622 bits per heavy atom. The van der Waals surface area contributed by atoms with Gasteiger partial charge in [-0.25, -0.2) is 0 Å².